The topological polar surface area (TPSA) is 38.5 Å². The summed E-state index contributed by atoms with van der Waals surface area (Å²) < 4.78 is 5.53. The third-order valence-corrected chi connectivity index (χ3v) is 4.68. The van der Waals surface area contributed by atoms with Gasteiger partial charge < -0.3 is 10.5 Å². The van der Waals surface area contributed by atoms with Gasteiger partial charge in [0.15, 0.2) is 0 Å². The molecule has 2 N–H and O–H groups in total. The summed E-state index contributed by atoms with van der Waals surface area (Å²) in [6.07, 6.45) is 3.95. The fourth-order valence-corrected chi connectivity index (χ4v) is 3.45. The maximum Gasteiger partial charge on any atom is 0.124 e. The Morgan fingerprint density at radius 3 is 2.35 bits per heavy atom. The van der Waals surface area contributed by atoms with E-state index >= 15 is 0 Å². The van der Waals surface area contributed by atoms with Gasteiger partial charge >= 0.3 is 0 Å². The fourth-order valence-electron chi connectivity index (χ4n) is 3.45. The molecule has 112 valence electrons. The van der Waals surface area contributed by atoms with Crippen LogP contribution < -0.4 is 10.5 Å². The molecule has 1 aromatic rings. The Balaban J connectivity index is 2.39. The lowest BCUT2D eigenvalue weighted by Gasteiger charge is -2.35. The minimum Gasteiger partial charge on any atom is -0.496 e. The Bertz CT molecular complexity index is 465. The molecule has 1 atom stereocenters. The highest BCUT2D eigenvalue weighted by Gasteiger charge is 2.24. The molecule has 1 saturated heterocycles. The molecule has 2 rings (SSSR count). The van der Waals surface area contributed by atoms with Gasteiger partial charge in [0.1, 0.15) is 5.75 Å². The number of nitrogens with zero attached hydrogens (tertiary/aromatic N) is 1. The van der Waals surface area contributed by atoms with Gasteiger partial charge in [-0.2, -0.15) is 0 Å². The Morgan fingerprint density at radius 1 is 1.15 bits per heavy atom. The number of piperidine rings is 1. The summed E-state index contributed by atoms with van der Waals surface area (Å²) in [5.74, 6) is 1.01. The lowest BCUT2D eigenvalue weighted by molar-refractivity contribution is 0.167. The molecular formula is C17H28N2O. The Hall–Kier alpha value is -1.06. The summed E-state index contributed by atoms with van der Waals surface area (Å²) in [5.41, 5.74) is 11.3. The van der Waals surface area contributed by atoms with Crippen LogP contribution in [0.5, 0.6) is 5.75 Å². The van der Waals surface area contributed by atoms with Gasteiger partial charge in [0.2, 0.25) is 0 Å². The van der Waals surface area contributed by atoms with E-state index in [1.165, 1.54) is 54.6 Å². The van der Waals surface area contributed by atoms with Gasteiger partial charge in [-0.25, -0.2) is 0 Å². The van der Waals surface area contributed by atoms with Crippen molar-refractivity contribution in [3.63, 3.8) is 0 Å². The summed E-state index contributed by atoms with van der Waals surface area (Å²) >= 11 is 0. The molecule has 3 nitrogen and oxygen atoms in total. The first-order valence-electron chi connectivity index (χ1n) is 7.69. The van der Waals surface area contributed by atoms with Crippen molar-refractivity contribution in [1.82, 2.24) is 4.90 Å². The van der Waals surface area contributed by atoms with E-state index in [4.69, 9.17) is 10.5 Å². The molecule has 20 heavy (non-hydrogen) atoms. The maximum absolute atomic E-state index is 6.10. The molecule has 0 aliphatic carbocycles. The number of nitrogens with two attached hydrogens (primary N) is 1. The molecule has 3 heteroatoms. The van der Waals surface area contributed by atoms with Crippen molar-refractivity contribution in [3.8, 4) is 5.75 Å². The van der Waals surface area contributed by atoms with Crippen molar-refractivity contribution >= 4 is 0 Å². The second kappa shape index (κ2) is 6.59. The second-order valence-corrected chi connectivity index (χ2v) is 5.91. The molecule has 0 saturated carbocycles. The molecule has 1 fully saturated rings. The van der Waals surface area contributed by atoms with Crippen LogP contribution in [0.15, 0.2) is 6.07 Å². The summed E-state index contributed by atoms with van der Waals surface area (Å²) in [7, 11) is 1.75. The Labute approximate surface area is 123 Å². The number of aryl methyl sites for hydroxylation is 1. The largest absolute Gasteiger partial charge is 0.496 e. The minimum absolute atomic E-state index is 0.346. The first-order chi connectivity index (χ1) is 9.60. The summed E-state index contributed by atoms with van der Waals surface area (Å²) in [5, 5.41) is 0. The zero-order valence-electron chi connectivity index (χ0n) is 13.3. The van der Waals surface area contributed by atoms with E-state index in [1.54, 1.807) is 7.11 Å². The lowest BCUT2D eigenvalue weighted by atomic mass is 9.92. The molecule has 0 aromatic heterocycles. The average molecular weight is 276 g/mol. The molecule has 0 radical (unpaired) electrons. The van der Waals surface area contributed by atoms with Crippen LogP contribution >= 0.6 is 0 Å². The average Bonchev–Trinajstić information content (AvgIpc) is 2.46. The van der Waals surface area contributed by atoms with Crippen LogP contribution in [0.25, 0.3) is 0 Å². The van der Waals surface area contributed by atoms with Crippen molar-refractivity contribution in [2.75, 3.05) is 26.7 Å². The van der Waals surface area contributed by atoms with E-state index in [0.717, 1.165) is 5.75 Å². The van der Waals surface area contributed by atoms with Crippen molar-refractivity contribution < 1.29 is 4.74 Å². The number of hydrogen-bond donors (Lipinski definition) is 1. The number of likely N-dealkylation sites (tertiary alicyclic amines) is 1. The van der Waals surface area contributed by atoms with Crippen LogP contribution in [0.2, 0.25) is 0 Å². The number of methoxy groups -OCH3 is 1. The smallest absolute Gasteiger partial charge is 0.124 e. The monoisotopic (exact) mass is 276 g/mol. The van der Waals surface area contributed by atoms with Gasteiger partial charge in [-0.05, 0) is 69.0 Å². The Morgan fingerprint density at radius 2 is 1.80 bits per heavy atom. The summed E-state index contributed by atoms with van der Waals surface area (Å²) in [4.78, 5) is 2.55. The molecule has 0 amide bonds. The highest BCUT2D eigenvalue weighted by Crippen LogP contribution is 2.34. The zero-order chi connectivity index (χ0) is 14.7. The molecule has 1 unspecified atom stereocenters. The first-order valence-corrected chi connectivity index (χ1v) is 7.69. The SMILES string of the molecule is COc1c(C)cc(C(CN)N2CCCCC2)c(C)c1C. The van der Waals surface area contributed by atoms with Gasteiger partial charge in [-0.1, -0.05) is 12.5 Å². The van der Waals surface area contributed by atoms with Crippen molar-refractivity contribution in [2.24, 2.45) is 5.73 Å². The van der Waals surface area contributed by atoms with Gasteiger partial charge in [-0.15, -0.1) is 0 Å². The molecule has 1 aliphatic rings. The molecular weight excluding hydrogens is 248 g/mol. The number of hydrogen-bond acceptors (Lipinski definition) is 3. The van der Waals surface area contributed by atoms with E-state index in [-0.39, 0.29) is 0 Å². The van der Waals surface area contributed by atoms with E-state index in [9.17, 15) is 0 Å². The van der Waals surface area contributed by atoms with Crippen LogP contribution in [0, 0.1) is 20.8 Å². The van der Waals surface area contributed by atoms with Crippen LogP contribution in [-0.2, 0) is 0 Å². The molecule has 0 bridgehead atoms. The third-order valence-electron chi connectivity index (χ3n) is 4.68. The van der Waals surface area contributed by atoms with Crippen molar-refractivity contribution in [1.29, 1.82) is 0 Å². The van der Waals surface area contributed by atoms with Crippen LogP contribution in [0.1, 0.15) is 47.6 Å². The maximum atomic E-state index is 6.10. The van der Waals surface area contributed by atoms with E-state index in [2.05, 4.69) is 31.7 Å². The van der Waals surface area contributed by atoms with Crippen LogP contribution in [0.4, 0.5) is 0 Å². The van der Waals surface area contributed by atoms with E-state index in [1.807, 2.05) is 0 Å². The summed E-state index contributed by atoms with van der Waals surface area (Å²) in [6.45, 7) is 9.50. The third kappa shape index (κ3) is 2.84. The van der Waals surface area contributed by atoms with E-state index < -0.39 is 0 Å². The number of rotatable bonds is 4. The second-order valence-electron chi connectivity index (χ2n) is 5.91. The Kier molecular flexibility index (Phi) is 5.06. The van der Waals surface area contributed by atoms with Crippen molar-refractivity contribution in [2.45, 2.75) is 46.1 Å². The van der Waals surface area contributed by atoms with Gasteiger partial charge in [0, 0.05) is 12.6 Å². The van der Waals surface area contributed by atoms with E-state index in [0.29, 0.717) is 12.6 Å². The fraction of sp³-hybridized carbons (Fsp3) is 0.647. The molecule has 0 spiro atoms. The first kappa shape index (κ1) is 15.3. The summed E-state index contributed by atoms with van der Waals surface area (Å²) in [6, 6.07) is 2.62. The predicted octanol–water partition coefficient (Wildman–Crippen LogP) is 3.11. The molecule has 1 aromatic carbocycles. The minimum atomic E-state index is 0.346. The van der Waals surface area contributed by atoms with Gasteiger partial charge in [-0.3, -0.25) is 4.90 Å². The number of ether oxygens (including phenoxy) is 1. The quantitative estimate of drug-likeness (QED) is 0.918. The molecule has 1 aliphatic heterocycles. The predicted molar refractivity (Wildman–Crippen MR) is 84.4 cm³/mol. The normalized spacial score (nSPS) is 18.1. The lowest BCUT2D eigenvalue weighted by Crippen LogP contribution is -2.38. The van der Waals surface area contributed by atoms with Gasteiger partial charge in [0.25, 0.3) is 0 Å². The number of benzene rings is 1. The van der Waals surface area contributed by atoms with Crippen LogP contribution in [0.3, 0.4) is 0 Å². The highest BCUT2D eigenvalue weighted by atomic mass is 16.5. The van der Waals surface area contributed by atoms with Crippen LogP contribution in [-0.4, -0.2) is 31.6 Å². The molecule has 1 heterocycles. The van der Waals surface area contributed by atoms with Gasteiger partial charge in [0.05, 0.1) is 7.11 Å². The van der Waals surface area contributed by atoms with Crippen molar-refractivity contribution in [3.05, 3.63) is 28.3 Å². The zero-order valence-corrected chi connectivity index (χ0v) is 13.3. The standard InChI is InChI=1S/C17H28N2O/c1-12-10-15(13(2)14(3)17(12)20-4)16(11-18)19-8-6-5-7-9-19/h10,16H,5-9,11,18H2,1-4H3. The highest BCUT2D eigenvalue weighted by molar-refractivity contribution is 5.50.